The van der Waals surface area contributed by atoms with E-state index in [-0.39, 0.29) is 5.92 Å². The Hall–Kier alpha value is -0.440. The van der Waals surface area contributed by atoms with E-state index in [9.17, 15) is 0 Å². The van der Waals surface area contributed by atoms with Crippen LogP contribution in [0.15, 0.2) is 16.7 Å². The Balaban J connectivity index is 3.99. The van der Waals surface area contributed by atoms with E-state index in [4.69, 9.17) is 4.74 Å². The van der Waals surface area contributed by atoms with Gasteiger partial charge in [0.2, 0.25) is 0 Å². The van der Waals surface area contributed by atoms with Crippen LogP contribution < -0.4 is 0 Å². The summed E-state index contributed by atoms with van der Waals surface area (Å²) < 4.78 is 5.08. The zero-order chi connectivity index (χ0) is 8.15. The van der Waals surface area contributed by atoms with Gasteiger partial charge in [-0.1, -0.05) is 13.8 Å². The van der Waals surface area contributed by atoms with Crippen molar-refractivity contribution in [1.82, 2.24) is 0 Å². The van der Waals surface area contributed by atoms with E-state index in [1.54, 1.807) is 7.05 Å². The monoisotopic (exact) mass is 159 g/mol. The van der Waals surface area contributed by atoms with Gasteiger partial charge in [0.15, 0.2) is 11.0 Å². The molecule has 0 saturated heterocycles. The third kappa shape index (κ3) is 3.56. The van der Waals surface area contributed by atoms with Gasteiger partial charge in [0, 0.05) is 13.0 Å². The van der Waals surface area contributed by atoms with Gasteiger partial charge < -0.3 is 4.74 Å². The predicted octanol–water partition coefficient (Wildman–Crippen LogP) is 2.09. The van der Waals surface area contributed by atoms with E-state index < -0.39 is 0 Å². The van der Waals surface area contributed by atoms with E-state index in [0.717, 1.165) is 0 Å². The van der Waals surface area contributed by atoms with Crippen LogP contribution in [0.4, 0.5) is 0 Å². The van der Waals surface area contributed by atoms with Crippen LogP contribution in [0.2, 0.25) is 0 Å². The Bertz CT molecular complexity index is 152. The van der Waals surface area contributed by atoms with Crippen LogP contribution >= 0.6 is 12.6 Å². The van der Waals surface area contributed by atoms with Crippen molar-refractivity contribution in [3.05, 3.63) is 11.7 Å². The minimum absolute atomic E-state index is 0.286. The predicted molar refractivity (Wildman–Crippen MR) is 47.4 cm³/mol. The van der Waals surface area contributed by atoms with Gasteiger partial charge >= 0.3 is 0 Å². The van der Waals surface area contributed by atoms with Gasteiger partial charge in [-0.25, -0.2) is 0 Å². The van der Waals surface area contributed by atoms with Crippen LogP contribution in [-0.4, -0.2) is 12.9 Å². The van der Waals surface area contributed by atoms with Crippen molar-refractivity contribution in [1.29, 1.82) is 0 Å². The van der Waals surface area contributed by atoms with Crippen molar-refractivity contribution in [2.24, 2.45) is 10.9 Å². The molecule has 0 amide bonds. The van der Waals surface area contributed by atoms with Crippen molar-refractivity contribution in [2.75, 3.05) is 7.05 Å². The molecule has 0 aliphatic rings. The summed E-state index contributed by atoms with van der Waals surface area (Å²) in [5, 5.41) is 0.384. The molecule has 0 aromatic carbocycles. The van der Waals surface area contributed by atoms with Crippen molar-refractivity contribution in [3.63, 3.8) is 0 Å². The number of aliphatic imine (C=N–C) groups is 1. The lowest BCUT2D eigenvalue weighted by Crippen LogP contribution is -2.09. The van der Waals surface area contributed by atoms with Crippen molar-refractivity contribution in [2.45, 2.75) is 13.8 Å². The van der Waals surface area contributed by atoms with Crippen molar-refractivity contribution in [3.8, 4) is 0 Å². The van der Waals surface area contributed by atoms with Crippen LogP contribution in [0.3, 0.4) is 0 Å². The lowest BCUT2D eigenvalue weighted by Gasteiger charge is -2.08. The van der Waals surface area contributed by atoms with Crippen LogP contribution in [0, 0.1) is 5.92 Å². The van der Waals surface area contributed by atoms with E-state index in [1.165, 1.54) is 0 Å². The normalized spacial score (nSPS) is 11.9. The molecule has 0 atom stereocenters. The Morgan fingerprint density at radius 1 is 1.60 bits per heavy atom. The average Bonchev–Trinajstić information content (AvgIpc) is 1.81. The van der Waals surface area contributed by atoms with E-state index in [2.05, 4.69) is 24.2 Å². The second kappa shape index (κ2) is 4.39. The van der Waals surface area contributed by atoms with Gasteiger partial charge in [-0.15, -0.1) is 12.6 Å². The number of ether oxygens (including phenoxy) is 1. The molecule has 0 radical (unpaired) electrons. The largest absolute Gasteiger partial charge is 0.437 e. The third-order valence-corrected chi connectivity index (χ3v) is 1.03. The number of hydrogen-bond donors (Lipinski definition) is 1. The maximum absolute atomic E-state index is 5.08. The summed E-state index contributed by atoms with van der Waals surface area (Å²) in [7, 11) is 1.69. The van der Waals surface area contributed by atoms with Gasteiger partial charge in [0.25, 0.3) is 0 Å². The van der Waals surface area contributed by atoms with Gasteiger partial charge in [-0.2, -0.15) is 0 Å². The van der Waals surface area contributed by atoms with Gasteiger partial charge in [0.1, 0.15) is 0 Å². The Kier molecular flexibility index (Phi) is 4.19. The van der Waals surface area contributed by atoms with Crippen LogP contribution in [0.1, 0.15) is 13.8 Å². The summed E-state index contributed by atoms with van der Waals surface area (Å²) in [6.45, 7) is 7.48. The van der Waals surface area contributed by atoms with Crippen molar-refractivity contribution >= 4 is 18.5 Å². The fraction of sp³-hybridized carbons (Fsp3) is 0.571. The smallest absolute Gasteiger partial charge is 0.193 e. The quantitative estimate of drug-likeness (QED) is 0.283. The highest BCUT2D eigenvalue weighted by molar-refractivity contribution is 7.84. The molecule has 2 nitrogen and oxygen atoms in total. The molecule has 0 fully saturated rings. The summed E-state index contributed by atoms with van der Waals surface area (Å²) in [6.07, 6.45) is 0. The fourth-order valence-electron chi connectivity index (χ4n) is 0.542. The number of rotatable bonds is 2. The molecule has 10 heavy (non-hydrogen) atoms. The van der Waals surface area contributed by atoms with E-state index in [1.807, 2.05) is 13.8 Å². The molecule has 0 unspecified atom stereocenters. The van der Waals surface area contributed by atoms with Crippen LogP contribution in [-0.2, 0) is 4.74 Å². The molecule has 0 rings (SSSR count). The first-order chi connectivity index (χ1) is 4.57. The highest BCUT2D eigenvalue weighted by atomic mass is 32.1. The summed E-state index contributed by atoms with van der Waals surface area (Å²) in [4.78, 5) is 3.91. The van der Waals surface area contributed by atoms with Gasteiger partial charge in [-0.3, -0.25) is 4.99 Å². The second-order valence-electron chi connectivity index (χ2n) is 2.21. The third-order valence-electron chi connectivity index (χ3n) is 0.937. The minimum atomic E-state index is 0.286. The van der Waals surface area contributed by atoms with E-state index >= 15 is 0 Å². The lowest BCUT2D eigenvalue weighted by molar-refractivity contribution is 0.425. The highest BCUT2D eigenvalue weighted by Gasteiger charge is 2.04. The number of hydrogen-bond acceptors (Lipinski definition) is 3. The molecule has 3 heteroatoms. The zero-order valence-corrected chi connectivity index (χ0v) is 7.48. The lowest BCUT2D eigenvalue weighted by atomic mass is 10.2. The van der Waals surface area contributed by atoms with Crippen LogP contribution in [0.25, 0.3) is 0 Å². The van der Waals surface area contributed by atoms with Crippen LogP contribution in [0.5, 0.6) is 0 Å². The molecule has 58 valence electrons. The maximum atomic E-state index is 5.08. The molecule has 0 spiro atoms. The first-order valence-electron chi connectivity index (χ1n) is 3.10. The molecule has 0 bridgehead atoms. The average molecular weight is 159 g/mol. The molecule has 0 N–H and O–H groups in total. The zero-order valence-electron chi connectivity index (χ0n) is 6.59. The molecule has 0 heterocycles. The topological polar surface area (TPSA) is 21.6 Å². The molecule has 0 aromatic heterocycles. The summed E-state index contributed by atoms with van der Waals surface area (Å²) in [5.74, 6) is 0.953. The van der Waals surface area contributed by atoms with Crippen molar-refractivity contribution < 1.29 is 4.74 Å². The molecule has 0 aliphatic heterocycles. The van der Waals surface area contributed by atoms with Gasteiger partial charge in [-0.05, 0) is 6.58 Å². The standard InChI is InChI=1S/C7H13NOS/c1-5(2)7(8-4)9-6(3)10/h5,10H,3H2,1-2,4H3. The Morgan fingerprint density at radius 2 is 2.10 bits per heavy atom. The Morgan fingerprint density at radius 3 is 2.20 bits per heavy atom. The fourth-order valence-corrected chi connectivity index (χ4v) is 0.636. The summed E-state index contributed by atoms with van der Waals surface area (Å²) in [6, 6.07) is 0. The molecule has 0 aromatic rings. The first-order valence-corrected chi connectivity index (χ1v) is 3.55. The Labute approximate surface area is 67.4 Å². The molecule has 0 aliphatic carbocycles. The SMILES string of the molecule is C=C(S)OC(=NC)C(C)C. The molecular formula is C7H13NOS. The molecule has 0 saturated carbocycles. The van der Waals surface area contributed by atoms with E-state index in [0.29, 0.717) is 11.0 Å². The molecular weight excluding hydrogens is 146 g/mol. The minimum Gasteiger partial charge on any atom is -0.437 e. The second-order valence-corrected chi connectivity index (χ2v) is 2.71. The number of thiol groups is 1. The first kappa shape index (κ1) is 9.56. The summed E-state index contributed by atoms with van der Waals surface area (Å²) >= 11 is 3.89. The highest BCUT2D eigenvalue weighted by Crippen LogP contribution is 2.05. The summed E-state index contributed by atoms with van der Waals surface area (Å²) in [5.41, 5.74) is 0. The maximum Gasteiger partial charge on any atom is 0.193 e. The number of nitrogens with zero attached hydrogens (tertiary/aromatic N) is 1. The van der Waals surface area contributed by atoms with Gasteiger partial charge in [0.05, 0.1) is 0 Å².